The summed E-state index contributed by atoms with van der Waals surface area (Å²) < 4.78 is 66.6. The van der Waals surface area contributed by atoms with Gasteiger partial charge in [0.25, 0.3) is 0 Å². The number of rotatable bonds is 11. The third-order valence-electron chi connectivity index (χ3n) is 3.59. The molecule has 0 heterocycles. The van der Waals surface area contributed by atoms with Crippen LogP contribution in [0, 0.1) is 0 Å². The standard InChI is InChI=1S/C19H17Cl2F3NO8P/c1-2-29-17(26)11-25(18(27)19(22,23)24)12-34(28,32-30-15-7-3-5-13(20)9-15)33-31-16-8-4-6-14(21)10-16/h3-10H,2,11-12H2,1H3. The van der Waals surface area contributed by atoms with E-state index in [1.807, 2.05) is 0 Å². The molecular weight excluding hydrogens is 529 g/mol. The quantitative estimate of drug-likeness (QED) is 0.160. The molecule has 2 rings (SSSR count). The molecule has 0 radical (unpaired) electrons. The zero-order chi connectivity index (χ0) is 25.4. The van der Waals surface area contributed by atoms with Gasteiger partial charge in [-0.1, -0.05) is 44.7 Å². The lowest BCUT2D eigenvalue weighted by Crippen LogP contribution is -2.45. The van der Waals surface area contributed by atoms with Gasteiger partial charge in [0.1, 0.15) is 12.8 Å². The molecule has 9 nitrogen and oxygen atoms in total. The maximum atomic E-state index is 13.2. The molecule has 0 aromatic heterocycles. The van der Waals surface area contributed by atoms with E-state index in [2.05, 4.69) is 4.74 Å². The number of hydrogen-bond donors (Lipinski definition) is 0. The number of amides is 1. The Morgan fingerprint density at radius 1 is 0.971 bits per heavy atom. The van der Waals surface area contributed by atoms with E-state index < -0.39 is 38.5 Å². The first-order chi connectivity index (χ1) is 15.9. The minimum absolute atomic E-state index is 0.0989. The zero-order valence-corrected chi connectivity index (χ0v) is 19.7. The van der Waals surface area contributed by atoms with Gasteiger partial charge in [-0.25, -0.2) is 0 Å². The maximum Gasteiger partial charge on any atom is 0.471 e. The van der Waals surface area contributed by atoms with E-state index in [9.17, 15) is 27.3 Å². The van der Waals surface area contributed by atoms with Crippen LogP contribution in [0.1, 0.15) is 6.92 Å². The second-order valence-electron chi connectivity index (χ2n) is 6.29. The molecule has 2 aromatic rings. The number of benzene rings is 2. The van der Waals surface area contributed by atoms with Crippen LogP contribution in [0.25, 0.3) is 0 Å². The Labute approximate surface area is 201 Å². The molecule has 0 unspecified atom stereocenters. The molecule has 0 aliphatic heterocycles. The number of halogens is 5. The van der Waals surface area contributed by atoms with Gasteiger partial charge in [0, 0.05) is 22.2 Å². The molecule has 0 spiro atoms. The Balaban J connectivity index is 2.29. The highest BCUT2D eigenvalue weighted by Gasteiger charge is 2.47. The fourth-order valence-electron chi connectivity index (χ4n) is 2.23. The number of carbonyl (C=O) groups excluding carboxylic acids is 2. The number of carbonyl (C=O) groups is 2. The molecule has 0 fully saturated rings. The summed E-state index contributed by atoms with van der Waals surface area (Å²) in [4.78, 5) is 33.2. The number of alkyl halides is 3. The van der Waals surface area contributed by atoms with E-state index >= 15 is 0 Å². The smallest absolute Gasteiger partial charge is 0.465 e. The lowest BCUT2D eigenvalue weighted by molar-refractivity contribution is -0.190. The van der Waals surface area contributed by atoms with Gasteiger partial charge in [0.15, 0.2) is 11.5 Å². The SMILES string of the molecule is CCOC(=O)CN(CP(=O)(OOc1cccc(Cl)c1)OOc1cccc(Cl)c1)C(=O)C(F)(F)F. The van der Waals surface area contributed by atoms with Crippen LogP contribution >= 0.6 is 30.8 Å². The monoisotopic (exact) mass is 545 g/mol. The summed E-state index contributed by atoms with van der Waals surface area (Å²) >= 11 is 11.6. The van der Waals surface area contributed by atoms with Gasteiger partial charge in [-0.05, 0) is 31.2 Å². The first kappa shape index (κ1) is 27.7. The van der Waals surface area contributed by atoms with Crippen molar-refractivity contribution < 1.29 is 51.2 Å². The van der Waals surface area contributed by atoms with Crippen molar-refractivity contribution in [2.75, 3.05) is 19.4 Å². The summed E-state index contributed by atoms with van der Waals surface area (Å²) in [5.41, 5.74) is 0. The summed E-state index contributed by atoms with van der Waals surface area (Å²) in [5.74, 6) is -3.90. The highest BCUT2D eigenvalue weighted by molar-refractivity contribution is 7.53. The first-order valence-corrected chi connectivity index (χ1v) is 11.7. The summed E-state index contributed by atoms with van der Waals surface area (Å²) in [6, 6.07) is 11.0. The fourth-order valence-corrected chi connectivity index (χ4v) is 3.76. The topological polar surface area (TPSA) is 101 Å². The lowest BCUT2D eigenvalue weighted by Gasteiger charge is -2.25. The second kappa shape index (κ2) is 12.3. The molecule has 0 aliphatic carbocycles. The van der Waals surface area contributed by atoms with Gasteiger partial charge in [-0.3, -0.25) is 14.2 Å². The third-order valence-corrected chi connectivity index (χ3v) is 5.35. The van der Waals surface area contributed by atoms with Crippen LogP contribution < -0.4 is 9.78 Å². The van der Waals surface area contributed by atoms with Crippen molar-refractivity contribution in [2.24, 2.45) is 0 Å². The van der Waals surface area contributed by atoms with Crippen molar-refractivity contribution >= 4 is 42.7 Å². The van der Waals surface area contributed by atoms with Gasteiger partial charge in [0.05, 0.1) is 6.61 Å². The Bertz CT molecular complexity index is 1000. The molecule has 1 amide bonds. The summed E-state index contributed by atoms with van der Waals surface area (Å²) in [6.45, 7) is 0.0210. The molecule has 0 bridgehead atoms. The van der Waals surface area contributed by atoms with Gasteiger partial charge in [-0.15, -0.1) is 0 Å². The molecule has 0 saturated heterocycles. The molecule has 0 atom stereocenters. The molecule has 0 N–H and O–H groups in total. The van der Waals surface area contributed by atoms with Crippen LogP contribution in [0.3, 0.4) is 0 Å². The minimum Gasteiger partial charge on any atom is -0.465 e. The number of hydrogen-bond acceptors (Lipinski definition) is 8. The highest BCUT2D eigenvalue weighted by Crippen LogP contribution is 2.50. The Morgan fingerprint density at radius 2 is 1.47 bits per heavy atom. The molecule has 0 saturated carbocycles. The molecule has 2 aromatic carbocycles. The van der Waals surface area contributed by atoms with Crippen LogP contribution in [0.15, 0.2) is 48.5 Å². The number of ether oxygens (including phenoxy) is 1. The van der Waals surface area contributed by atoms with Crippen molar-refractivity contribution in [3.63, 3.8) is 0 Å². The van der Waals surface area contributed by atoms with Crippen LogP contribution in [0.4, 0.5) is 13.2 Å². The van der Waals surface area contributed by atoms with E-state index in [1.165, 1.54) is 55.5 Å². The summed E-state index contributed by atoms with van der Waals surface area (Å²) in [7, 11) is -4.87. The molecule has 15 heteroatoms. The number of nitrogens with zero attached hydrogens (tertiary/aromatic N) is 1. The van der Waals surface area contributed by atoms with Crippen molar-refractivity contribution in [1.29, 1.82) is 0 Å². The molecule has 186 valence electrons. The van der Waals surface area contributed by atoms with Crippen LogP contribution in [0.5, 0.6) is 11.5 Å². The first-order valence-electron chi connectivity index (χ1n) is 9.26. The van der Waals surface area contributed by atoms with E-state index in [4.69, 9.17) is 42.3 Å². The average Bonchev–Trinajstić information content (AvgIpc) is 2.75. The van der Waals surface area contributed by atoms with Crippen molar-refractivity contribution in [3.05, 3.63) is 58.6 Å². The zero-order valence-electron chi connectivity index (χ0n) is 17.3. The second-order valence-corrected chi connectivity index (χ2v) is 8.96. The lowest BCUT2D eigenvalue weighted by atomic mass is 10.3. The largest absolute Gasteiger partial charge is 0.471 e. The van der Waals surface area contributed by atoms with Crippen molar-refractivity contribution in [2.45, 2.75) is 13.1 Å². The van der Waals surface area contributed by atoms with Gasteiger partial charge < -0.3 is 19.4 Å². The van der Waals surface area contributed by atoms with Crippen molar-refractivity contribution in [3.8, 4) is 11.5 Å². The normalized spacial score (nSPS) is 11.6. The Hall–Kier alpha value is -2.50. The predicted molar refractivity (Wildman–Crippen MR) is 113 cm³/mol. The van der Waals surface area contributed by atoms with Gasteiger partial charge in [-0.2, -0.15) is 13.2 Å². The van der Waals surface area contributed by atoms with Crippen LogP contribution in [0.2, 0.25) is 10.0 Å². The summed E-state index contributed by atoms with van der Waals surface area (Å²) in [5, 5.41) is 0.395. The minimum atomic E-state index is -5.42. The van der Waals surface area contributed by atoms with Crippen molar-refractivity contribution in [1.82, 2.24) is 4.90 Å². The highest BCUT2D eigenvalue weighted by atomic mass is 35.5. The van der Waals surface area contributed by atoms with Gasteiger partial charge in [0.2, 0.25) is 0 Å². The van der Waals surface area contributed by atoms with E-state index in [-0.39, 0.29) is 33.1 Å². The predicted octanol–water partition coefficient (Wildman–Crippen LogP) is 5.42. The van der Waals surface area contributed by atoms with Gasteiger partial charge >= 0.3 is 25.6 Å². The maximum absolute atomic E-state index is 13.2. The number of esters is 1. The molecule has 0 aliphatic rings. The average molecular weight is 546 g/mol. The summed E-state index contributed by atoms with van der Waals surface area (Å²) in [6.07, 6.45) is -6.82. The third kappa shape index (κ3) is 9.03. The Kier molecular flexibility index (Phi) is 10.0. The van der Waals surface area contributed by atoms with E-state index in [0.717, 1.165) is 0 Å². The van der Waals surface area contributed by atoms with Crippen LogP contribution in [-0.2, 0) is 28.2 Å². The Morgan fingerprint density at radius 3 is 1.88 bits per heavy atom. The fraction of sp³-hybridized carbons (Fsp3) is 0.263. The van der Waals surface area contributed by atoms with E-state index in [1.54, 1.807) is 0 Å². The molecule has 34 heavy (non-hydrogen) atoms. The van der Waals surface area contributed by atoms with Crippen LogP contribution in [-0.4, -0.2) is 42.4 Å². The molecular formula is C19H17Cl2F3NO8P. The van der Waals surface area contributed by atoms with E-state index in [0.29, 0.717) is 0 Å².